The Balaban J connectivity index is 3.51. The van der Waals surface area contributed by atoms with Gasteiger partial charge >= 0.3 is 0 Å². The van der Waals surface area contributed by atoms with Crippen LogP contribution in [0.2, 0.25) is 5.02 Å². The van der Waals surface area contributed by atoms with Crippen molar-refractivity contribution in [3.8, 4) is 5.75 Å². The first kappa shape index (κ1) is 13.3. The van der Waals surface area contributed by atoms with Gasteiger partial charge in [0.2, 0.25) is 0 Å². The van der Waals surface area contributed by atoms with Gasteiger partial charge in [-0.1, -0.05) is 31.5 Å². The van der Waals surface area contributed by atoms with Crippen LogP contribution in [0.25, 0.3) is 0 Å². The summed E-state index contributed by atoms with van der Waals surface area (Å²) in [5.74, 6) is 0.670. The summed E-state index contributed by atoms with van der Waals surface area (Å²) >= 11 is 6.26. The standard InChI is InChI=1S/C13H19ClO2/c1-8-6-10(13(3,4)7-15)12(16-5)11(14)9(8)2/h6,15H,7H2,1-5H3. The summed E-state index contributed by atoms with van der Waals surface area (Å²) in [6, 6.07) is 2.04. The highest BCUT2D eigenvalue weighted by Gasteiger charge is 2.26. The quantitative estimate of drug-likeness (QED) is 0.882. The number of hydrogen-bond acceptors (Lipinski definition) is 2. The van der Waals surface area contributed by atoms with Crippen LogP contribution in [0.5, 0.6) is 5.75 Å². The summed E-state index contributed by atoms with van der Waals surface area (Å²) in [5.41, 5.74) is 2.73. The molecule has 0 aromatic heterocycles. The van der Waals surface area contributed by atoms with Crippen LogP contribution in [0.15, 0.2) is 6.07 Å². The number of ether oxygens (including phenoxy) is 1. The highest BCUT2D eigenvalue weighted by atomic mass is 35.5. The molecule has 0 heterocycles. The fourth-order valence-electron chi connectivity index (χ4n) is 1.64. The van der Waals surface area contributed by atoms with Crippen LogP contribution in [0.1, 0.15) is 30.5 Å². The van der Waals surface area contributed by atoms with Crippen molar-refractivity contribution in [3.63, 3.8) is 0 Å². The van der Waals surface area contributed by atoms with Crippen molar-refractivity contribution in [2.75, 3.05) is 13.7 Å². The van der Waals surface area contributed by atoms with E-state index in [4.69, 9.17) is 16.3 Å². The van der Waals surface area contributed by atoms with E-state index in [-0.39, 0.29) is 12.0 Å². The number of methoxy groups -OCH3 is 1. The zero-order valence-corrected chi connectivity index (χ0v) is 11.3. The number of aliphatic hydroxyl groups is 1. The third-order valence-corrected chi connectivity index (χ3v) is 3.51. The lowest BCUT2D eigenvalue weighted by Gasteiger charge is -2.26. The Hall–Kier alpha value is -0.730. The molecule has 0 saturated carbocycles. The van der Waals surface area contributed by atoms with E-state index in [1.165, 1.54) is 0 Å². The topological polar surface area (TPSA) is 29.5 Å². The molecular weight excluding hydrogens is 224 g/mol. The molecule has 0 aliphatic rings. The van der Waals surface area contributed by atoms with Crippen molar-refractivity contribution in [1.82, 2.24) is 0 Å². The second kappa shape index (κ2) is 4.64. The van der Waals surface area contributed by atoms with Crippen LogP contribution >= 0.6 is 11.6 Å². The van der Waals surface area contributed by atoms with Gasteiger partial charge in [0.1, 0.15) is 5.75 Å². The highest BCUT2D eigenvalue weighted by molar-refractivity contribution is 6.33. The maximum atomic E-state index is 9.42. The zero-order chi connectivity index (χ0) is 12.5. The van der Waals surface area contributed by atoms with E-state index in [0.717, 1.165) is 16.7 Å². The smallest absolute Gasteiger partial charge is 0.141 e. The summed E-state index contributed by atoms with van der Waals surface area (Å²) in [6.07, 6.45) is 0. The average Bonchev–Trinajstić information content (AvgIpc) is 2.25. The lowest BCUT2D eigenvalue weighted by atomic mass is 9.83. The summed E-state index contributed by atoms with van der Waals surface area (Å²) in [7, 11) is 1.60. The Bertz CT molecular complexity index is 397. The normalized spacial score (nSPS) is 11.7. The summed E-state index contributed by atoms with van der Waals surface area (Å²) in [6.45, 7) is 7.97. The molecule has 1 N–H and O–H groups in total. The minimum Gasteiger partial charge on any atom is -0.495 e. The van der Waals surface area contributed by atoms with Gasteiger partial charge in [-0.15, -0.1) is 0 Å². The Labute approximate surface area is 102 Å². The number of hydrogen-bond donors (Lipinski definition) is 1. The predicted molar refractivity (Wildman–Crippen MR) is 67.6 cm³/mol. The first-order valence-electron chi connectivity index (χ1n) is 5.30. The van der Waals surface area contributed by atoms with Gasteiger partial charge in [-0.05, 0) is 25.0 Å². The minimum atomic E-state index is -0.354. The van der Waals surface area contributed by atoms with Crippen molar-refractivity contribution >= 4 is 11.6 Å². The Morgan fingerprint density at radius 3 is 2.38 bits per heavy atom. The molecule has 0 aliphatic carbocycles. The van der Waals surface area contributed by atoms with E-state index in [1.54, 1.807) is 7.11 Å². The van der Waals surface area contributed by atoms with Gasteiger partial charge in [-0.2, -0.15) is 0 Å². The first-order chi connectivity index (χ1) is 7.35. The monoisotopic (exact) mass is 242 g/mol. The fraction of sp³-hybridized carbons (Fsp3) is 0.538. The van der Waals surface area contributed by atoms with E-state index in [1.807, 2.05) is 33.8 Å². The van der Waals surface area contributed by atoms with Gasteiger partial charge in [0.25, 0.3) is 0 Å². The van der Waals surface area contributed by atoms with Gasteiger partial charge in [0.15, 0.2) is 0 Å². The van der Waals surface area contributed by atoms with E-state index < -0.39 is 0 Å². The van der Waals surface area contributed by atoms with Crippen LogP contribution in [0, 0.1) is 13.8 Å². The SMILES string of the molecule is COc1c(C(C)(C)CO)cc(C)c(C)c1Cl. The average molecular weight is 243 g/mol. The molecule has 0 saturated heterocycles. The van der Waals surface area contributed by atoms with Crippen molar-refractivity contribution < 1.29 is 9.84 Å². The van der Waals surface area contributed by atoms with E-state index in [0.29, 0.717) is 10.8 Å². The van der Waals surface area contributed by atoms with Gasteiger partial charge in [0.05, 0.1) is 18.7 Å². The van der Waals surface area contributed by atoms with Crippen LogP contribution in [0.4, 0.5) is 0 Å². The Morgan fingerprint density at radius 2 is 1.94 bits per heavy atom. The van der Waals surface area contributed by atoms with Gasteiger partial charge in [-0.3, -0.25) is 0 Å². The maximum Gasteiger partial charge on any atom is 0.141 e. The fourth-order valence-corrected chi connectivity index (χ4v) is 1.97. The van der Waals surface area contributed by atoms with Crippen molar-refractivity contribution in [2.45, 2.75) is 33.1 Å². The predicted octanol–water partition coefficient (Wildman–Crippen LogP) is 3.24. The Morgan fingerprint density at radius 1 is 1.38 bits per heavy atom. The maximum absolute atomic E-state index is 9.42. The largest absolute Gasteiger partial charge is 0.495 e. The molecule has 16 heavy (non-hydrogen) atoms. The molecule has 0 fully saturated rings. The molecule has 0 atom stereocenters. The molecule has 0 spiro atoms. The number of benzene rings is 1. The second-order valence-electron chi connectivity index (χ2n) is 4.76. The summed E-state index contributed by atoms with van der Waals surface area (Å²) in [4.78, 5) is 0. The van der Waals surface area contributed by atoms with Crippen LogP contribution < -0.4 is 4.74 Å². The molecule has 0 unspecified atom stereocenters. The highest BCUT2D eigenvalue weighted by Crippen LogP contribution is 2.39. The van der Waals surface area contributed by atoms with Crippen molar-refractivity contribution in [3.05, 3.63) is 27.8 Å². The number of halogens is 1. The van der Waals surface area contributed by atoms with Crippen LogP contribution in [-0.4, -0.2) is 18.8 Å². The van der Waals surface area contributed by atoms with Crippen LogP contribution in [-0.2, 0) is 5.41 Å². The number of rotatable bonds is 3. The molecule has 0 aliphatic heterocycles. The molecule has 2 nitrogen and oxygen atoms in total. The molecule has 1 rings (SSSR count). The molecule has 90 valence electrons. The molecule has 0 bridgehead atoms. The zero-order valence-electron chi connectivity index (χ0n) is 10.5. The Kier molecular flexibility index (Phi) is 3.87. The van der Waals surface area contributed by atoms with Crippen molar-refractivity contribution in [1.29, 1.82) is 0 Å². The molecule has 0 amide bonds. The second-order valence-corrected chi connectivity index (χ2v) is 5.13. The summed E-state index contributed by atoms with van der Waals surface area (Å²) < 4.78 is 5.36. The number of aliphatic hydroxyl groups excluding tert-OH is 1. The third kappa shape index (κ3) is 2.18. The lowest BCUT2D eigenvalue weighted by molar-refractivity contribution is 0.214. The van der Waals surface area contributed by atoms with E-state index in [9.17, 15) is 5.11 Å². The summed E-state index contributed by atoms with van der Waals surface area (Å²) in [5, 5.41) is 10.1. The third-order valence-electron chi connectivity index (χ3n) is 3.05. The number of aryl methyl sites for hydroxylation is 1. The van der Waals surface area contributed by atoms with Crippen molar-refractivity contribution in [2.24, 2.45) is 0 Å². The first-order valence-corrected chi connectivity index (χ1v) is 5.68. The molecule has 1 aromatic rings. The van der Waals surface area contributed by atoms with Gasteiger partial charge in [-0.25, -0.2) is 0 Å². The molecule has 0 radical (unpaired) electrons. The van der Waals surface area contributed by atoms with Crippen LogP contribution in [0.3, 0.4) is 0 Å². The van der Waals surface area contributed by atoms with E-state index >= 15 is 0 Å². The van der Waals surface area contributed by atoms with E-state index in [2.05, 4.69) is 0 Å². The lowest BCUT2D eigenvalue weighted by Crippen LogP contribution is -2.23. The molecular formula is C13H19ClO2. The minimum absolute atomic E-state index is 0.0577. The van der Waals surface area contributed by atoms with Gasteiger partial charge < -0.3 is 9.84 Å². The molecule has 3 heteroatoms. The van der Waals surface area contributed by atoms with Gasteiger partial charge in [0, 0.05) is 11.0 Å². The molecule has 1 aromatic carbocycles.